The quantitative estimate of drug-likeness (QED) is 0.817. The molecule has 0 aliphatic carbocycles. The number of nitrogens with zero attached hydrogens (tertiary/aromatic N) is 3. The van der Waals surface area contributed by atoms with Gasteiger partial charge in [-0.2, -0.15) is 4.31 Å². The second-order valence-electron chi connectivity index (χ2n) is 6.15. The first kappa shape index (κ1) is 18.3. The summed E-state index contributed by atoms with van der Waals surface area (Å²) in [6.07, 6.45) is 1.58. The summed E-state index contributed by atoms with van der Waals surface area (Å²) >= 11 is 0. The zero-order valence-corrected chi connectivity index (χ0v) is 15.6. The van der Waals surface area contributed by atoms with Gasteiger partial charge in [0.15, 0.2) is 0 Å². The van der Waals surface area contributed by atoms with Crippen molar-refractivity contribution in [3.05, 3.63) is 58.3 Å². The maximum absolute atomic E-state index is 12.6. The molecule has 0 saturated carbocycles. The molecule has 0 bridgehead atoms. The second-order valence-corrected chi connectivity index (χ2v) is 7.97. The van der Waals surface area contributed by atoms with Gasteiger partial charge >= 0.3 is 0 Å². The Morgan fingerprint density at radius 1 is 1.12 bits per heavy atom. The number of aryl methyl sites for hydroxylation is 2. The number of sulfonamides is 1. The van der Waals surface area contributed by atoms with Crippen LogP contribution in [0.25, 0.3) is 6.08 Å². The van der Waals surface area contributed by atoms with Crippen molar-refractivity contribution in [2.24, 2.45) is 0 Å². The molecule has 1 fully saturated rings. The van der Waals surface area contributed by atoms with Crippen LogP contribution in [0, 0.1) is 13.8 Å². The number of carbonyl (C=O) groups is 1. The summed E-state index contributed by atoms with van der Waals surface area (Å²) in [7, 11) is -3.52. The minimum absolute atomic E-state index is 0.168. The van der Waals surface area contributed by atoms with E-state index in [1.807, 2.05) is 30.3 Å². The molecule has 1 aromatic heterocycles. The third-order valence-electron chi connectivity index (χ3n) is 4.37. The summed E-state index contributed by atoms with van der Waals surface area (Å²) in [4.78, 5) is 14.3. The molecule has 0 unspecified atom stereocenters. The normalized spacial score (nSPS) is 16.3. The van der Waals surface area contributed by atoms with Crippen molar-refractivity contribution in [1.29, 1.82) is 0 Å². The van der Waals surface area contributed by atoms with Crippen LogP contribution in [0.5, 0.6) is 0 Å². The first-order chi connectivity index (χ1) is 12.4. The lowest BCUT2D eigenvalue weighted by Crippen LogP contribution is -2.50. The molecular formula is C18H21N3O4S. The summed E-state index contributed by atoms with van der Waals surface area (Å²) < 4.78 is 31.4. The predicted molar refractivity (Wildman–Crippen MR) is 97.8 cm³/mol. The maximum atomic E-state index is 12.6. The molecule has 0 spiro atoms. The number of hydrogen-bond acceptors (Lipinski definition) is 5. The van der Waals surface area contributed by atoms with Gasteiger partial charge in [0.1, 0.15) is 11.3 Å². The molecule has 8 heteroatoms. The molecule has 138 valence electrons. The number of aromatic nitrogens is 1. The average Bonchev–Trinajstić information content (AvgIpc) is 2.99. The lowest BCUT2D eigenvalue weighted by atomic mass is 10.1. The standard InChI is InChI=1S/C18H21N3O4S/c1-14-17(15(2)25-19-14)18(22)20-9-11-21(12-10-20)26(23,24)13-8-16-6-4-3-5-7-16/h3-8,13H,9-12H2,1-2H3. The third kappa shape index (κ3) is 3.86. The highest BCUT2D eigenvalue weighted by Crippen LogP contribution is 2.18. The Morgan fingerprint density at radius 3 is 2.35 bits per heavy atom. The molecule has 1 saturated heterocycles. The number of hydrogen-bond donors (Lipinski definition) is 0. The van der Waals surface area contributed by atoms with Crippen molar-refractivity contribution >= 4 is 22.0 Å². The van der Waals surface area contributed by atoms with Gasteiger partial charge in [-0.1, -0.05) is 35.5 Å². The lowest BCUT2D eigenvalue weighted by Gasteiger charge is -2.33. The van der Waals surface area contributed by atoms with Gasteiger partial charge in [0.2, 0.25) is 10.0 Å². The number of piperazine rings is 1. The fourth-order valence-electron chi connectivity index (χ4n) is 2.91. The summed E-state index contributed by atoms with van der Waals surface area (Å²) in [5.74, 6) is 0.312. The van der Waals surface area contributed by atoms with Gasteiger partial charge in [-0.25, -0.2) is 8.42 Å². The van der Waals surface area contributed by atoms with E-state index in [2.05, 4.69) is 5.16 Å². The zero-order valence-electron chi connectivity index (χ0n) is 14.8. The fourth-order valence-corrected chi connectivity index (χ4v) is 4.08. The number of carbonyl (C=O) groups excluding carboxylic acids is 1. The maximum Gasteiger partial charge on any atom is 0.259 e. The Labute approximate surface area is 152 Å². The van der Waals surface area contributed by atoms with E-state index in [0.717, 1.165) is 5.56 Å². The molecule has 1 aromatic carbocycles. The van der Waals surface area contributed by atoms with E-state index in [9.17, 15) is 13.2 Å². The van der Waals surface area contributed by atoms with Crippen LogP contribution in [0.3, 0.4) is 0 Å². The Kier molecular flexibility index (Phi) is 5.24. The van der Waals surface area contributed by atoms with Crippen LogP contribution in [-0.4, -0.2) is 54.9 Å². The number of benzene rings is 1. The van der Waals surface area contributed by atoms with E-state index < -0.39 is 10.0 Å². The molecule has 1 aliphatic heterocycles. The van der Waals surface area contributed by atoms with Crippen molar-refractivity contribution in [2.75, 3.05) is 26.2 Å². The van der Waals surface area contributed by atoms with Crippen LogP contribution >= 0.6 is 0 Å². The average molecular weight is 375 g/mol. The topological polar surface area (TPSA) is 83.7 Å². The highest BCUT2D eigenvalue weighted by Gasteiger charge is 2.30. The molecule has 0 radical (unpaired) electrons. The van der Waals surface area contributed by atoms with Gasteiger partial charge in [0, 0.05) is 31.6 Å². The van der Waals surface area contributed by atoms with Crippen LogP contribution in [0.1, 0.15) is 27.4 Å². The molecule has 0 N–H and O–H groups in total. The zero-order chi connectivity index (χ0) is 18.7. The van der Waals surface area contributed by atoms with Crippen molar-refractivity contribution in [3.63, 3.8) is 0 Å². The van der Waals surface area contributed by atoms with E-state index in [1.165, 1.54) is 9.71 Å². The molecule has 26 heavy (non-hydrogen) atoms. The summed E-state index contributed by atoms with van der Waals surface area (Å²) in [5, 5.41) is 5.02. The molecular weight excluding hydrogens is 354 g/mol. The van der Waals surface area contributed by atoms with E-state index >= 15 is 0 Å². The molecule has 3 rings (SSSR count). The van der Waals surface area contributed by atoms with Crippen molar-refractivity contribution in [3.8, 4) is 0 Å². The second kappa shape index (κ2) is 7.43. The van der Waals surface area contributed by atoms with Crippen LogP contribution in [0.15, 0.2) is 40.3 Å². The van der Waals surface area contributed by atoms with E-state index in [0.29, 0.717) is 30.1 Å². The summed E-state index contributed by atoms with van der Waals surface area (Å²) in [6, 6.07) is 9.26. The summed E-state index contributed by atoms with van der Waals surface area (Å²) in [6.45, 7) is 4.61. The molecule has 1 aliphatic rings. The van der Waals surface area contributed by atoms with E-state index in [1.54, 1.807) is 24.8 Å². The third-order valence-corrected chi connectivity index (χ3v) is 5.93. The monoisotopic (exact) mass is 375 g/mol. The fraction of sp³-hybridized carbons (Fsp3) is 0.333. The van der Waals surface area contributed by atoms with Crippen molar-refractivity contribution in [2.45, 2.75) is 13.8 Å². The van der Waals surface area contributed by atoms with Crippen LogP contribution in [0.2, 0.25) is 0 Å². The predicted octanol–water partition coefficient (Wildman–Crippen LogP) is 2.05. The van der Waals surface area contributed by atoms with E-state index in [4.69, 9.17) is 4.52 Å². The minimum Gasteiger partial charge on any atom is -0.361 e. The highest BCUT2D eigenvalue weighted by atomic mass is 32.2. The van der Waals surface area contributed by atoms with Crippen LogP contribution < -0.4 is 0 Å². The van der Waals surface area contributed by atoms with Gasteiger partial charge in [0.25, 0.3) is 5.91 Å². The molecule has 1 amide bonds. The minimum atomic E-state index is -3.52. The van der Waals surface area contributed by atoms with Crippen molar-refractivity contribution < 1.29 is 17.7 Å². The Bertz CT molecular complexity index is 892. The molecule has 7 nitrogen and oxygen atoms in total. The highest BCUT2D eigenvalue weighted by molar-refractivity contribution is 7.92. The molecule has 2 aromatic rings. The van der Waals surface area contributed by atoms with Gasteiger partial charge in [-0.15, -0.1) is 0 Å². The first-order valence-electron chi connectivity index (χ1n) is 8.34. The SMILES string of the molecule is Cc1noc(C)c1C(=O)N1CCN(S(=O)(=O)C=Cc2ccccc2)CC1. The van der Waals surface area contributed by atoms with Crippen LogP contribution in [-0.2, 0) is 10.0 Å². The van der Waals surface area contributed by atoms with Gasteiger partial charge in [0.05, 0.1) is 5.69 Å². The van der Waals surface area contributed by atoms with Gasteiger partial charge < -0.3 is 9.42 Å². The molecule has 2 heterocycles. The van der Waals surface area contributed by atoms with Gasteiger partial charge in [-0.3, -0.25) is 4.79 Å². The van der Waals surface area contributed by atoms with E-state index in [-0.39, 0.29) is 19.0 Å². The smallest absolute Gasteiger partial charge is 0.259 e. The Hall–Kier alpha value is -2.45. The number of rotatable bonds is 4. The molecule has 0 atom stereocenters. The number of amides is 1. The largest absolute Gasteiger partial charge is 0.361 e. The van der Waals surface area contributed by atoms with Crippen molar-refractivity contribution in [1.82, 2.24) is 14.4 Å². The van der Waals surface area contributed by atoms with Gasteiger partial charge in [-0.05, 0) is 25.5 Å². The summed E-state index contributed by atoms with van der Waals surface area (Å²) in [5.41, 5.74) is 1.84. The Balaban J connectivity index is 1.64. The first-order valence-corrected chi connectivity index (χ1v) is 9.84. The van der Waals surface area contributed by atoms with Crippen LogP contribution in [0.4, 0.5) is 0 Å². The lowest BCUT2D eigenvalue weighted by molar-refractivity contribution is 0.0696. The Morgan fingerprint density at radius 2 is 1.77 bits per heavy atom.